The van der Waals surface area contributed by atoms with E-state index in [0.29, 0.717) is 24.7 Å². The van der Waals surface area contributed by atoms with Crippen LogP contribution >= 0.6 is 0 Å². The van der Waals surface area contributed by atoms with Gasteiger partial charge in [-0.15, -0.1) is 0 Å². The van der Waals surface area contributed by atoms with Crippen LogP contribution in [-0.2, 0) is 11.3 Å². The van der Waals surface area contributed by atoms with Crippen molar-refractivity contribution in [2.75, 3.05) is 13.1 Å². The Kier molecular flexibility index (Phi) is 6.00. The Labute approximate surface area is 182 Å². The quantitative estimate of drug-likeness (QED) is 0.584. The van der Waals surface area contributed by atoms with Gasteiger partial charge < -0.3 is 14.0 Å². The number of likely N-dealkylation sites (tertiary alicyclic amines) is 1. The molecule has 7 heteroatoms. The van der Waals surface area contributed by atoms with Crippen LogP contribution < -0.4 is 0 Å². The van der Waals surface area contributed by atoms with E-state index in [9.17, 15) is 4.79 Å². The molecule has 0 N–H and O–H groups in total. The molecule has 1 saturated carbocycles. The SMILES string of the molecule is O=C(CCn1cnc2cc(-c3noc(C4CCCCC4)n3)ccc21)N1CCCCCC1. The lowest BCUT2D eigenvalue weighted by Gasteiger charge is -2.20. The summed E-state index contributed by atoms with van der Waals surface area (Å²) in [6.45, 7) is 2.46. The highest BCUT2D eigenvalue weighted by Gasteiger charge is 2.22. The van der Waals surface area contributed by atoms with E-state index in [-0.39, 0.29) is 5.91 Å². The highest BCUT2D eigenvalue weighted by Crippen LogP contribution is 2.33. The Morgan fingerprint density at radius 3 is 2.61 bits per heavy atom. The molecular formula is C24H31N5O2. The molecule has 2 aromatic heterocycles. The van der Waals surface area contributed by atoms with Gasteiger partial charge in [-0.25, -0.2) is 4.98 Å². The Balaban J connectivity index is 1.26. The third-order valence-electron chi connectivity index (χ3n) is 6.80. The van der Waals surface area contributed by atoms with E-state index in [2.05, 4.69) is 19.7 Å². The van der Waals surface area contributed by atoms with E-state index in [1.54, 1.807) is 0 Å². The van der Waals surface area contributed by atoms with Gasteiger partial charge in [-0.3, -0.25) is 4.79 Å². The first kappa shape index (κ1) is 20.2. The van der Waals surface area contributed by atoms with Crippen molar-refractivity contribution in [3.63, 3.8) is 0 Å². The fourth-order valence-corrected chi connectivity index (χ4v) is 4.94. The Bertz CT molecular complexity index is 1030. The maximum absolute atomic E-state index is 12.6. The fraction of sp³-hybridized carbons (Fsp3) is 0.583. The molecule has 0 atom stereocenters. The molecule has 2 aliphatic rings. The number of amides is 1. The number of rotatable bonds is 5. The smallest absolute Gasteiger partial charge is 0.230 e. The van der Waals surface area contributed by atoms with Crippen molar-refractivity contribution >= 4 is 16.9 Å². The number of imidazole rings is 1. The molecule has 0 unspecified atom stereocenters. The van der Waals surface area contributed by atoms with Crippen molar-refractivity contribution in [3.05, 3.63) is 30.4 Å². The average molecular weight is 422 g/mol. The summed E-state index contributed by atoms with van der Waals surface area (Å²) in [4.78, 5) is 23.9. The molecule has 7 nitrogen and oxygen atoms in total. The molecule has 31 heavy (non-hydrogen) atoms. The summed E-state index contributed by atoms with van der Waals surface area (Å²) in [5.41, 5.74) is 2.84. The minimum atomic E-state index is 0.252. The second kappa shape index (κ2) is 9.20. The summed E-state index contributed by atoms with van der Waals surface area (Å²) >= 11 is 0. The number of hydrogen-bond acceptors (Lipinski definition) is 5. The van der Waals surface area contributed by atoms with Crippen LogP contribution in [0.2, 0.25) is 0 Å². The number of carbonyl (C=O) groups is 1. The van der Waals surface area contributed by atoms with E-state index in [1.807, 2.05) is 29.4 Å². The minimum absolute atomic E-state index is 0.252. The summed E-state index contributed by atoms with van der Waals surface area (Å²) < 4.78 is 7.65. The molecule has 5 rings (SSSR count). The van der Waals surface area contributed by atoms with Crippen LogP contribution in [0.4, 0.5) is 0 Å². The first-order valence-corrected chi connectivity index (χ1v) is 11.8. The fourth-order valence-electron chi connectivity index (χ4n) is 4.94. The zero-order valence-corrected chi connectivity index (χ0v) is 18.1. The van der Waals surface area contributed by atoms with Crippen LogP contribution in [0.3, 0.4) is 0 Å². The molecule has 0 spiro atoms. The molecule has 0 radical (unpaired) electrons. The second-order valence-electron chi connectivity index (χ2n) is 8.98. The largest absolute Gasteiger partial charge is 0.343 e. The molecule has 1 amide bonds. The summed E-state index contributed by atoms with van der Waals surface area (Å²) in [6, 6.07) is 6.08. The lowest BCUT2D eigenvalue weighted by Crippen LogP contribution is -2.32. The van der Waals surface area contributed by atoms with E-state index >= 15 is 0 Å². The van der Waals surface area contributed by atoms with Crippen molar-refractivity contribution in [2.45, 2.75) is 76.7 Å². The zero-order chi connectivity index (χ0) is 21.0. The van der Waals surface area contributed by atoms with E-state index in [1.165, 1.54) is 32.1 Å². The molecule has 1 aliphatic carbocycles. The molecular weight excluding hydrogens is 390 g/mol. The third kappa shape index (κ3) is 4.50. The van der Waals surface area contributed by atoms with Gasteiger partial charge in [-0.05, 0) is 43.9 Å². The lowest BCUT2D eigenvalue weighted by atomic mass is 9.89. The number of fused-ring (bicyclic) bond motifs is 1. The number of aryl methyl sites for hydroxylation is 1. The van der Waals surface area contributed by atoms with Crippen LogP contribution in [-0.4, -0.2) is 43.6 Å². The Morgan fingerprint density at radius 2 is 1.81 bits per heavy atom. The van der Waals surface area contributed by atoms with Crippen molar-refractivity contribution in [2.24, 2.45) is 0 Å². The highest BCUT2D eigenvalue weighted by atomic mass is 16.5. The van der Waals surface area contributed by atoms with Crippen LogP contribution in [0.25, 0.3) is 22.4 Å². The van der Waals surface area contributed by atoms with Gasteiger partial charge in [0.15, 0.2) is 0 Å². The van der Waals surface area contributed by atoms with E-state index < -0.39 is 0 Å². The monoisotopic (exact) mass is 421 g/mol. The molecule has 1 saturated heterocycles. The Hall–Kier alpha value is -2.70. The van der Waals surface area contributed by atoms with Crippen molar-refractivity contribution in [3.8, 4) is 11.4 Å². The molecule has 164 valence electrons. The van der Waals surface area contributed by atoms with Crippen molar-refractivity contribution in [1.29, 1.82) is 0 Å². The van der Waals surface area contributed by atoms with Gasteiger partial charge >= 0.3 is 0 Å². The summed E-state index contributed by atoms with van der Waals surface area (Å²) in [6.07, 6.45) is 13.1. The van der Waals surface area contributed by atoms with Gasteiger partial charge in [-0.2, -0.15) is 4.98 Å². The van der Waals surface area contributed by atoms with Crippen molar-refractivity contribution in [1.82, 2.24) is 24.6 Å². The first-order valence-electron chi connectivity index (χ1n) is 11.8. The van der Waals surface area contributed by atoms with Crippen LogP contribution in [0, 0.1) is 0 Å². The summed E-state index contributed by atoms with van der Waals surface area (Å²) in [7, 11) is 0. The number of aromatic nitrogens is 4. The zero-order valence-electron chi connectivity index (χ0n) is 18.1. The number of nitrogens with zero attached hydrogens (tertiary/aromatic N) is 5. The first-order chi connectivity index (χ1) is 15.3. The number of carbonyl (C=O) groups excluding carboxylic acids is 1. The van der Waals surface area contributed by atoms with Crippen LogP contribution in [0.1, 0.15) is 76.0 Å². The third-order valence-corrected chi connectivity index (χ3v) is 6.80. The number of benzene rings is 1. The molecule has 1 aromatic carbocycles. The topological polar surface area (TPSA) is 77.0 Å². The standard InChI is InChI=1S/C24H31N5O2/c30-22(28-13-6-1-2-7-14-28)12-15-29-17-25-20-16-19(10-11-21(20)29)23-26-24(31-27-23)18-8-4-3-5-9-18/h10-11,16-18H,1-9,12-15H2. The molecule has 1 aliphatic heterocycles. The van der Waals surface area contributed by atoms with Crippen molar-refractivity contribution < 1.29 is 9.32 Å². The molecule has 3 aromatic rings. The minimum Gasteiger partial charge on any atom is -0.343 e. The van der Waals surface area contributed by atoms with Gasteiger partial charge in [0.25, 0.3) is 0 Å². The van der Waals surface area contributed by atoms with Gasteiger partial charge in [0, 0.05) is 37.5 Å². The summed E-state index contributed by atoms with van der Waals surface area (Å²) in [5, 5.41) is 4.22. The van der Waals surface area contributed by atoms with Gasteiger partial charge in [0.2, 0.25) is 17.6 Å². The second-order valence-corrected chi connectivity index (χ2v) is 8.98. The molecule has 3 heterocycles. The van der Waals surface area contributed by atoms with E-state index in [4.69, 9.17) is 4.52 Å². The molecule has 2 fully saturated rings. The predicted molar refractivity (Wildman–Crippen MR) is 119 cm³/mol. The van der Waals surface area contributed by atoms with Gasteiger partial charge in [-0.1, -0.05) is 37.3 Å². The summed E-state index contributed by atoms with van der Waals surface area (Å²) in [5.74, 6) is 2.06. The van der Waals surface area contributed by atoms with Gasteiger partial charge in [0.05, 0.1) is 17.4 Å². The maximum atomic E-state index is 12.6. The van der Waals surface area contributed by atoms with Crippen LogP contribution in [0.15, 0.2) is 29.0 Å². The maximum Gasteiger partial charge on any atom is 0.230 e. The normalized spacial score (nSPS) is 18.4. The van der Waals surface area contributed by atoms with Crippen LogP contribution in [0.5, 0.6) is 0 Å². The number of hydrogen-bond donors (Lipinski definition) is 0. The van der Waals surface area contributed by atoms with E-state index in [0.717, 1.165) is 61.3 Å². The Morgan fingerprint density at radius 1 is 1.03 bits per heavy atom. The lowest BCUT2D eigenvalue weighted by molar-refractivity contribution is -0.131. The van der Waals surface area contributed by atoms with Gasteiger partial charge in [0.1, 0.15) is 0 Å². The molecule has 0 bridgehead atoms. The average Bonchev–Trinajstić information content (AvgIpc) is 3.37. The highest BCUT2D eigenvalue weighted by molar-refractivity contribution is 5.81. The predicted octanol–water partition coefficient (Wildman–Crippen LogP) is 4.93.